The van der Waals surface area contributed by atoms with Gasteiger partial charge in [-0.15, -0.1) is 8.78 Å². The monoisotopic (exact) mass is 288 g/mol. The van der Waals surface area contributed by atoms with Gasteiger partial charge in [-0.1, -0.05) is 23.8 Å². The van der Waals surface area contributed by atoms with Crippen LogP contribution in [0.1, 0.15) is 5.56 Å². The van der Waals surface area contributed by atoms with Crippen molar-refractivity contribution in [2.24, 2.45) is 11.5 Å². The van der Waals surface area contributed by atoms with Gasteiger partial charge in [0.15, 0.2) is 11.5 Å². The maximum Gasteiger partial charge on any atom is 0.586 e. The molecule has 4 N–H and O–H groups in total. The highest BCUT2D eigenvalue weighted by molar-refractivity contribution is 6.32. The maximum absolute atomic E-state index is 12.9. The Hall–Kier alpha value is -1.79. The molecule has 1 aliphatic rings. The minimum absolute atomic E-state index is 0.0927. The molecule has 0 saturated heterocycles. The molecule has 19 heavy (non-hydrogen) atoms. The fraction of sp³-hybridized carbons (Fsp3) is 0.167. The first kappa shape index (κ1) is 13.6. The third-order valence-electron chi connectivity index (χ3n) is 2.42. The zero-order valence-electron chi connectivity index (χ0n) is 9.70. The average Bonchev–Trinajstić information content (AvgIpc) is 2.63. The third-order valence-corrected chi connectivity index (χ3v) is 2.73. The summed E-state index contributed by atoms with van der Waals surface area (Å²) in [5.74, 6) is -0.206. The van der Waals surface area contributed by atoms with E-state index in [1.54, 1.807) is 12.2 Å². The number of hydrogen-bond donors (Lipinski definition) is 2. The Morgan fingerprint density at radius 2 is 1.95 bits per heavy atom. The quantitative estimate of drug-likeness (QED) is 0.838. The van der Waals surface area contributed by atoms with E-state index in [-0.39, 0.29) is 16.5 Å². The van der Waals surface area contributed by atoms with Gasteiger partial charge in [-0.3, -0.25) is 0 Å². The van der Waals surface area contributed by atoms with E-state index in [0.717, 1.165) is 0 Å². The molecule has 0 amide bonds. The van der Waals surface area contributed by atoms with Crippen LogP contribution in [-0.2, 0) is 0 Å². The number of fused-ring (bicyclic) bond motifs is 1. The Labute approximate surface area is 113 Å². The first-order valence-corrected chi connectivity index (χ1v) is 5.73. The van der Waals surface area contributed by atoms with Crippen LogP contribution in [0.3, 0.4) is 0 Å². The van der Waals surface area contributed by atoms with E-state index in [4.69, 9.17) is 23.1 Å². The molecular formula is C12H11ClF2N2O2. The van der Waals surface area contributed by atoms with Crippen LogP contribution in [0.25, 0.3) is 5.57 Å². The van der Waals surface area contributed by atoms with Gasteiger partial charge in [0, 0.05) is 24.4 Å². The molecule has 102 valence electrons. The Morgan fingerprint density at radius 1 is 1.32 bits per heavy atom. The van der Waals surface area contributed by atoms with Crippen LogP contribution in [-0.4, -0.2) is 12.8 Å². The number of allylic oxidation sites excluding steroid dienone is 2. The van der Waals surface area contributed by atoms with Crippen molar-refractivity contribution in [1.82, 2.24) is 0 Å². The fourth-order valence-electron chi connectivity index (χ4n) is 1.62. The summed E-state index contributed by atoms with van der Waals surface area (Å²) in [7, 11) is 0. The van der Waals surface area contributed by atoms with Crippen LogP contribution in [0.15, 0.2) is 30.5 Å². The first-order chi connectivity index (χ1) is 8.96. The molecule has 2 rings (SSSR count). The van der Waals surface area contributed by atoms with E-state index in [1.165, 1.54) is 18.3 Å². The summed E-state index contributed by atoms with van der Waals surface area (Å²) in [4.78, 5) is 0. The van der Waals surface area contributed by atoms with E-state index in [2.05, 4.69) is 9.47 Å². The Kier molecular flexibility index (Phi) is 3.64. The molecule has 1 aromatic carbocycles. The Balaban J connectivity index is 2.42. The largest absolute Gasteiger partial charge is 0.586 e. The molecule has 1 aliphatic heterocycles. The van der Waals surface area contributed by atoms with E-state index in [1.807, 2.05) is 0 Å². The number of ether oxygens (including phenoxy) is 2. The number of nitrogens with two attached hydrogens (primary N) is 2. The van der Waals surface area contributed by atoms with Gasteiger partial charge in [-0.2, -0.15) is 0 Å². The second-order valence-electron chi connectivity index (χ2n) is 3.71. The Morgan fingerprint density at radius 3 is 2.53 bits per heavy atom. The van der Waals surface area contributed by atoms with Crippen LogP contribution in [0.2, 0.25) is 5.02 Å². The highest BCUT2D eigenvalue weighted by Gasteiger charge is 2.43. The van der Waals surface area contributed by atoms with Gasteiger partial charge in [0.1, 0.15) is 0 Å². The fourth-order valence-corrected chi connectivity index (χ4v) is 1.89. The van der Waals surface area contributed by atoms with Crippen LogP contribution < -0.4 is 20.9 Å². The lowest BCUT2D eigenvalue weighted by molar-refractivity contribution is -0.286. The van der Waals surface area contributed by atoms with Crippen LogP contribution in [0.4, 0.5) is 8.78 Å². The predicted molar refractivity (Wildman–Crippen MR) is 68.0 cm³/mol. The zero-order valence-corrected chi connectivity index (χ0v) is 10.5. The highest BCUT2D eigenvalue weighted by Crippen LogP contribution is 2.44. The molecule has 4 nitrogen and oxygen atoms in total. The standard InChI is InChI=1S/C12H11ClF2N2O2/c13-9-5-11-10(18-12(14,15)19-11)4-8(9)7(6-17)2-1-3-16/h1-2,4-6H,3,16-17H2/b2-1-,7-6+. The van der Waals surface area contributed by atoms with E-state index in [0.29, 0.717) is 17.7 Å². The topological polar surface area (TPSA) is 70.5 Å². The van der Waals surface area contributed by atoms with Crippen molar-refractivity contribution in [3.63, 3.8) is 0 Å². The van der Waals surface area contributed by atoms with Crippen molar-refractivity contribution in [2.45, 2.75) is 6.29 Å². The lowest BCUT2D eigenvalue weighted by atomic mass is 10.1. The van der Waals surface area contributed by atoms with Crippen LogP contribution >= 0.6 is 11.6 Å². The Bertz CT molecular complexity index is 559. The molecule has 1 heterocycles. The van der Waals surface area contributed by atoms with E-state index >= 15 is 0 Å². The van der Waals surface area contributed by atoms with Gasteiger partial charge in [0.25, 0.3) is 0 Å². The second kappa shape index (κ2) is 5.07. The van der Waals surface area contributed by atoms with E-state index in [9.17, 15) is 8.78 Å². The third kappa shape index (κ3) is 2.80. The molecule has 0 bridgehead atoms. The highest BCUT2D eigenvalue weighted by atomic mass is 35.5. The van der Waals surface area contributed by atoms with Crippen molar-refractivity contribution >= 4 is 17.2 Å². The summed E-state index contributed by atoms with van der Waals surface area (Å²) in [5, 5.41) is 0.221. The van der Waals surface area contributed by atoms with Gasteiger partial charge in [0.2, 0.25) is 0 Å². The number of benzene rings is 1. The van der Waals surface area contributed by atoms with Gasteiger partial charge in [-0.05, 0) is 11.6 Å². The number of hydrogen-bond acceptors (Lipinski definition) is 4. The van der Waals surface area contributed by atoms with Crippen molar-refractivity contribution in [3.05, 3.63) is 41.1 Å². The van der Waals surface area contributed by atoms with Gasteiger partial charge >= 0.3 is 6.29 Å². The van der Waals surface area contributed by atoms with Crippen molar-refractivity contribution in [3.8, 4) is 11.5 Å². The molecule has 0 radical (unpaired) electrons. The number of alkyl halides is 2. The van der Waals surface area contributed by atoms with Crippen molar-refractivity contribution in [1.29, 1.82) is 0 Å². The lowest BCUT2D eigenvalue weighted by Gasteiger charge is -2.06. The van der Waals surface area contributed by atoms with Gasteiger partial charge < -0.3 is 20.9 Å². The molecule has 7 heteroatoms. The van der Waals surface area contributed by atoms with Crippen molar-refractivity contribution in [2.75, 3.05) is 6.54 Å². The molecule has 0 aliphatic carbocycles. The smallest absolute Gasteiger partial charge is 0.404 e. The van der Waals surface area contributed by atoms with E-state index < -0.39 is 6.29 Å². The van der Waals surface area contributed by atoms with Gasteiger partial charge in [-0.25, -0.2) is 0 Å². The normalized spacial score (nSPS) is 17.2. The zero-order chi connectivity index (χ0) is 14.0. The van der Waals surface area contributed by atoms with Crippen LogP contribution in [0.5, 0.6) is 11.5 Å². The molecule has 0 unspecified atom stereocenters. The molecule has 0 saturated carbocycles. The summed E-state index contributed by atoms with van der Waals surface area (Å²) in [6.45, 7) is 0.317. The minimum atomic E-state index is -3.68. The molecule has 0 atom stereocenters. The molecule has 0 fully saturated rings. The summed E-state index contributed by atoms with van der Waals surface area (Å²) in [5.41, 5.74) is 11.8. The number of halogens is 3. The molecule has 0 spiro atoms. The minimum Gasteiger partial charge on any atom is -0.404 e. The second-order valence-corrected chi connectivity index (χ2v) is 4.11. The summed E-state index contributed by atoms with van der Waals surface area (Å²) < 4.78 is 34.5. The number of rotatable bonds is 3. The molecule has 0 aromatic heterocycles. The SMILES string of the molecule is N/C=C(\C=C/CN)c1cc2c(cc1Cl)OC(F)(F)O2. The average molecular weight is 289 g/mol. The lowest BCUT2D eigenvalue weighted by Crippen LogP contribution is -2.25. The summed E-state index contributed by atoms with van der Waals surface area (Å²) in [6, 6.07) is 2.60. The first-order valence-electron chi connectivity index (χ1n) is 5.35. The summed E-state index contributed by atoms with van der Waals surface area (Å²) in [6.07, 6.45) is 0.924. The molecule has 1 aromatic rings. The predicted octanol–water partition coefficient (Wildman–Crippen LogP) is 2.48. The van der Waals surface area contributed by atoms with Crippen molar-refractivity contribution < 1.29 is 18.3 Å². The van der Waals surface area contributed by atoms with Crippen LogP contribution in [0, 0.1) is 0 Å². The summed E-state index contributed by atoms with van der Waals surface area (Å²) >= 11 is 6.01. The maximum atomic E-state index is 12.9. The van der Waals surface area contributed by atoms with Gasteiger partial charge in [0.05, 0.1) is 5.02 Å². The molecular weight excluding hydrogens is 278 g/mol.